The summed E-state index contributed by atoms with van der Waals surface area (Å²) in [6, 6.07) is 35.6. The lowest BCUT2D eigenvalue weighted by molar-refractivity contribution is -0.142. The zero-order valence-corrected chi connectivity index (χ0v) is 22.5. The Hall–Kier alpha value is -4.95. The fourth-order valence-electron chi connectivity index (χ4n) is 6.67. The molecule has 1 aliphatic heterocycles. The third-order valence-electron chi connectivity index (χ3n) is 8.32. The monoisotopic (exact) mass is 553 g/mol. The molecule has 198 valence electrons. The van der Waals surface area contributed by atoms with Crippen molar-refractivity contribution >= 4 is 39.0 Å². The van der Waals surface area contributed by atoms with E-state index >= 15 is 0 Å². The third-order valence-corrected chi connectivity index (χ3v) is 9.24. The second-order valence-corrected chi connectivity index (χ2v) is 11.4. The van der Waals surface area contributed by atoms with E-state index in [2.05, 4.69) is 39.9 Å². The summed E-state index contributed by atoms with van der Waals surface area (Å²) in [4.78, 5) is 33.1. The zero-order valence-electron chi connectivity index (χ0n) is 21.7. The van der Waals surface area contributed by atoms with E-state index in [0.717, 1.165) is 27.8 Å². The fourth-order valence-corrected chi connectivity index (χ4v) is 7.54. The Bertz CT molecular complexity index is 1800. The predicted molar refractivity (Wildman–Crippen MR) is 157 cm³/mol. The number of azo groups is 1. The van der Waals surface area contributed by atoms with Crippen LogP contribution in [0.3, 0.4) is 0 Å². The highest BCUT2D eigenvalue weighted by Gasteiger charge is 2.58. The SMILES string of the molecule is O=C1NN(c2nc(-c3ccccc3)c(N=Nc3ccccc3)s2)C(=O)C2C3c4ccccc4C(c4ccccc43)C12. The number of amides is 2. The summed E-state index contributed by atoms with van der Waals surface area (Å²) in [6.45, 7) is 0. The van der Waals surface area contributed by atoms with Crippen LogP contribution >= 0.6 is 11.3 Å². The van der Waals surface area contributed by atoms with Gasteiger partial charge in [0.1, 0.15) is 5.69 Å². The molecule has 41 heavy (non-hydrogen) atoms. The van der Waals surface area contributed by atoms with Gasteiger partial charge in [0.05, 0.1) is 17.5 Å². The maximum atomic E-state index is 14.4. The average molecular weight is 554 g/mol. The van der Waals surface area contributed by atoms with Gasteiger partial charge in [-0.25, -0.2) is 4.98 Å². The summed E-state index contributed by atoms with van der Waals surface area (Å²) in [6.07, 6.45) is 0. The molecule has 3 aliphatic carbocycles. The van der Waals surface area contributed by atoms with Crippen molar-refractivity contribution in [2.24, 2.45) is 22.1 Å². The standard InChI is InChI=1S/C33H23N5O2S/c39-30-27-25-21-15-7-9-17-23(21)26(24-18-10-8-16-22(24)25)28(27)32(40)38(37-30)33-34-29(19-11-3-1-4-12-19)31(41-33)36-35-20-13-5-2-6-14-20/h1-18,25-28H,(H,37,39). The van der Waals surface area contributed by atoms with Gasteiger partial charge in [-0.2, -0.15) is 5.01 Å². The second kappa shape index (κ2) is 9.31. The molecule has 2 bridgehead atoms. The summed E-state index contributed by atoms with van der Waals surface area (Å²) in [5.41, 5.74) is 9.61. The molecule has 9 rings (SSSR count). The first-order valence-electron chi connectivity index (χ1n) is 13.5. The maximum absolute atomic E-state index is 14.4. The van der Waals surface area contributed by atoms with Crippen LogP contribution in [0.15, 0.2) is 119 Å². The summed E-state index contributed by atoms with van der Waals surface area (Å²) in [7, 11) is 0. The number of hydrogen-bond acceptors (Lipinski definition) is 6. The maximum Gasteiger partial charge on any atom is 0.252 e. The largest absolute Gasteiger partial charge is 0.273 e. The van der Waals surface area contributed by atoms with E-state index in [1.54, 1.807) is 0 Å². The quantitative estimate of drug-likeness (QED) is 0.240. The Morgan fingerprint density at radius 3 is 1.80 bits per heavy atom. The topological polar surface area (TPSA) is 87.0 Å². The summed E-state index contributed by atoms with van der Waals surface area (Å²) >= 11 is 1.24. The normalized spacial score (nSPS) is 22.3. The van der Waals surface area contributed by atoms with Crippen LogP contribution in [0.25, 0.3) is 11.3 Å². The van der Waals surface area contributed by atoms with Crippen molar-refractivity contribution in [1.82, 2.24) is 10.4 Å². The Kier molecular flexibility index (Phi) is 5.43. The first kappa shape index (κ1) is 23.9. The lowest BCUT2D eigenvalue weighted by atomic mass is 9.53. The molecule has 2 heterocycles. The van der Waals surface area contributed by atoms with Crippen LogP contribution in [0, 0.1) is 11.8 Å². The van der Waals surface area contributed by atoms with Crippen LogP contribution < -0.4 is 10.4 Å². The lowest BCUT2D eigenvalue weighted by Gasteiger charge is -2.52. The van der Waals surface area contributed by atoms with Crippen molar-refractivity contribution in [3.63, 3.8) is 0 Å². The van der Waals surface area contributed by atoms with Gasteiger partial charge >= 0.3 is 0 Å². The van der Waals surface area contributed by atoms with E-state index < -0.39 is 11.8 Å². The highest BCUT2D eigenvalue weighted by Crippen LogP contribution is 2.59. The van der Waals surface area contributed by atoms with E-state index in [-0.39, 0.29) is 23.7 Å². The highest BCUT2D eigenvalue weighted by atomic mass is 32.1. The number of thiazole rings is 1. The predicted octanol–water partition coefficient (Wildman–Crippen LogP) is 7.13. The van der Waals surface area contributed by atoms with E-state index in [0.29, 0.717) is 21.5 Å². The molecule has 2 atom stereocenters. The molecule has 7 nitrogen and oxygen atoms in total. The van der Waals surface area contributed by atoms with Gasteiger partial charge in [0, 0.05) is 17.4 Å². The Morgan fingerprint density at radius 2 is 1.20 bits per heavy atom. The number of rotatable bonds is 4. The Morgan fingerprint density at radius 1 is 0.659 bits per heavy atom. The van der Waals surface area contributed by atoms with Gasteiger partial charge in [0.25, 0.3) is 5.91 Å². The van der Waals surface area contributed by atoms with Crippen molar-refractivity contribution in [2.45, 2.75) is 11.8 Å². The minimum atomic E-state index is -0.531. The van der Waals surface area contributed by atoms with Crippen LogP contribution in [-0.4, -0.2) is 16.8 Å². The first-order chi connectivity index (χ1) is 20.2. The molecule has 1 fully saturated rings. The fraction of sp³-hybridized carbons (Fsp3) is 0.121. The smallest absolute Gasteiger partial charge is 0.252 e. The molecule has 2 amide bonds. The van der Waals surface area contributed by atoms with Crippen molar-refractivity contribution in [1.29, 1.82) is 0 Å². The number of hydrazine groups is 1. The van der Waals surface area contributed by atoms with Gasteiger partial charge in [0.2, 0.25) is 11.0 Å². The number of hydrogen-bond donors (Lipinski definition) is 1. The molecule has 0 spiro atoms. The number of anilines is 1. The summed E-state index contributed by atoms with van der Waals surface area (Å²) < 4.78 is 0. The lowest BCUT2D eigenvalue weighted by Crippen LogP contribution is -2.64. The van der Waals surface area contributed by atoms with E-state index in [9.17, 15) is 9.59 Å². The van der Waals surface area contributed by atoms with Crippen molar-refractivity contribution < 1.29 is 9.59 Å². The highest BCUT2D eigenvalue weighted by molar-refractivity contribution is 7.20. The molecular weight excluding hydrogens is 530 g/mol. The van der Waals surface area contributed by atoms with E-state index in [1.807, 2.05) is 84.9 Å². The van der Waals surface area contributed by atoms with Crippen LogP contribution in [0.2, 0.25) is 0 Å². The van der Waals surface area contributed by atoms with E-state index in [4.69, 9.17) is 4.98 Å². The zero-order chi connectivity index (χ0) is 27.5. The number of carbonyl (C=O) groups excluding carboxylic acids is 2. The van der Waals surface area contributed by atoms with Gasteiger partial charge < -0.3 is 0 Å². The minimum Gasteiger partial charge on any atom is -0.273 e. The molecular formula is C33H23N5O2S. The first-order valence-corrected chi connectivity index (χ1v) is 14.4. The molecule has 4 aliphatic rings. The third kappa shape index (κ3) is 3.68. The van der Waals surface area contributed by atoms with Gasteiger partial charge in [0.15, 0.2) is 5.00 Å². The van der Waals surface area contributed by atoms with Gasteiger partial charge in [-0.15, -0.1) is 10.2 Å². The van der Waals surface area contributed by atoms with Gasteiger partial charge in [-0.1, -0.05) is 108 Å². The number of nitrogens with zero attached hydrogens (tertiary/aromatic N) is 4. The molecule has 1 saturated heterocycles. The molecule has 1 N–H and O–H groups in total. The van der Waals surface area contributed by atoms with Crippen molar-refractivity contribution in [3.8, 4) is 11.3 Å². The van der Waals surface area contributed by atoms with Crippen molar-refractivity contribution in [2.75, 3.05) is 5.01 Å². The average Bonchev–Trinajstić information content (AvgIpc) is 3.46. The Labute approximate surface area is 240 Å². The number of carbonyl (C=O) groups is 2. The van der Waals surface area contributed by atoms with Crippen molar-refractivity contribution in [3.05, 3.63) is 131 Å². The van der Waals surface area contributed by atoms with Crippen LogP contribution in [-0.2, 0) is 9.59 Å². The summed E-state index contributed by atoms with van der Waals surface area (Å²) in [5, 5.41) is 11.2. The molecule has 0 radical (unpaired) electrons. The molecule has 8 heteroatoms. The molecule has 1 aromatic heterocycles. The number of benzene rings is 4. The van der Waals surface area contributed by atoms with Crippen LogP contribution in [0.4, 0.5) is 15.8 Å². The molecule has 4 aromatic carbocycles. The van der Waals surface area contributed by atoms with Gasteiger partial charge in [-0.3, -0.25) is 15.0 Å². The molecule has 2 unspecified atom stereocenters. The minimum absolute atomic E-state index is 0.159. The molecule has 5 aromatic rings. The number of aromatic nitrogens is 1. The van der Waals surface area contributed by atoms with Crippen LogP contribution in [0.1, 0.15) is 34.1 Å². The van der Waals surface area contributed by atoms with Crippen LogP contribution in [0.5, 0.6) is 0 Å². The Balaban J connectivity index is 1.23. The molecule has 0 saturated carbocycles. The summed E-state index contributed by atoms with van der Waals surface area (Å²) in [5.74, 6) is -1.72. The number of nitrogens with one attached hydrogen (secondary N) is 1. The van der Waals surface area contributed by atoms with Gasteiger partial charge in [-0.05, 0) is 34.4 Å². The van der Waals surface area contributed by atoms with E-state index in [1.165, 1.54) is 16.3 Å². The second-order valence-electron chi connectivity index (χ2n) is 10.5.